The average Bonchev–Trinajstić information content (AvgIpc) is 2.72. The molecule has 0 fully saturated rings. The van der Waals surface area contributed by atoms with Crippen molar-refractivity contribution in [3.63, 3.8) is 0 Å². The molecule has 0 unspecified atom stereocenters. The molecule has 2 heteroatoms. The highest BCUT2D eigenvalue weighted by atomic mass is 16.3. The van der Waals surface area contributed by atoms with Crippen molar-refractivity contribution in [1.29, 1.82) is 0 Å². The number of aromatic hydroxyl groups is 2. The molecule has 0 saturated carbocycles. The summed E-state index contributed by atoms with van der Waals surface area (Å²) >= 11 is 0. The molecule has 144 valence electrons. The zero-order valence-corrected chi connectivity index (χ0v) is 16.7. The fourth-order valence-electron chi connectivity index (χ4n) is 3.94. The Balaban J connectivity index is 1.75. The highest BCUT2D eigenvalue weighted by Crippen LogP contribution is 2.35. The van der Waals surface area contributed by atoms with Crippen molar-refractivity contribution in [1.82, 2.24) is 0 Å². The van der Waals surface area contributed by atoms with Crippen molar-refractivity contribution < 1.29 is 10.2 Å². The number of phenolic OH excluding ortho intramolecular Hbond substituents is 2. The first-order valence-corrected chi connectivity index (χ1v) is 9.80. The van der Waals surface area contributed by atoms with Crippen LogP contribution in [0.15, 0.2) is 84.9 Å². The van der Waals surface area contributed by atoms with Crippen LogP contribution in [0.4, 0.5) is 0 Å². The van der Waals surface area contributed by atoms with Gasteiger partial charge in [0, 0.05) is 11.1 Å². The van der Waals surface area contributed by atoms with E-state index in [0.717, 1.165) is 28.7 Å². The Kier molecular flexibility index (Phi) is 5.09. The Hall–Kier alpha value is -3.52. The van der Waals surface area contributed by atoms with Gasteiger partial charge in [-0.2, -0.15) is 0 Å². The van der Waals surface area contributed by atoms with Crippen LogP contribution < -0.4 is 0 Å². The fraction of sp³-hybridized carbons (Fsp3) is 0.111. The Morgan fingerprint density at radius 3 is 1.28 bits per heavy atom. The maximum absolute atomic E-state index is 10.3. The summed E-state index contributed by atoms with van der Waals surface area (Å²) in [4.78, 5) is 0. The molecule has 2 N–H and O–H groups in total. The van der Waals surface area contributed by atoms with Crippen molar-refractivity contribution in [2.45, 2.75) is 20.3 Å². The molecule has 0 aromatic heterocycles. The van der Waals surface area contributed by atoms with Crippen LogP contribution in [-0.2, 0) is 6.42 Å². The molecule has 4 aromatic carbocycles. The van der Waals surface area contributed by atoms with E-state index in [9.17, 15) is 10.2 Å². The number of phenols is 2. The fourth-order valence-corrected chi connectivity index (χ4v) is 3.94. The molecule has 0 radical (unpaired) electrons. The normalized spacial score (nSPS) is 10.8. The standard InChI is InChI=1S/C27H24O2/c1-18-20(9-7-13-22(18)24-11-3-5-15-26(24)28)17-21-10-8-14-23(19(21)2)25-12-4-6-16-27(25)29/h3-16,28-29H,17H2,1-2H3. The molecule has 2 nitrogen and oxygen atoms in total. The predicted molar refractivity (Wildman–Crippen MR) is 119 cm³/mol. The number of rotatable bonds is 4. The van der Waals surface area contributed by atoms with Crippen LogP contribution in [0.1, 0.15) is 22.3 Å². The number of para-hydroxylation sites is 2. The van der Waals surface area contributed by atoms with Gasteiger partial charge in [-0.15, -0.1) is 0 Å². The van der Waals surface area contributed by atoms with Crippen LogP contribution in [0.5, 0.6) is 11.5 Å². The minimum Gasteiger partial charge on any atom is -0.507 e. The van der Waals surface area contributed by atoms with Crippen LogP contribution in [0, 0.1) is 13.8 Å². The third-order valence-corrected chi connectivity index (χ3v) is 5.66. The van der Waals surface area contributed by atoms with Gasteiger partial charge in [-0.05, 0) is 65.8 Å². The molecule has 4 rings (SSSR count). The first-order chi connectivity index (χ1) is 14.1. The number of benzene rings is 4. The van der Waals surface area contributed by atoms with Gasteiger partial charge in [-0.3, -0.25) is 0 Å². The zero-order chi connectivity index (χ0) is 20.4. The highest BCUT2D eigenvalue weighted by molar-refractivity contribution is 5.75. The van der Waals surface area contributed by atoms with Crippen molar-refractivity contribution >= 4 is 0 Å². The van der Waals surface area contributed by atoms with E-state index in [1.807, 2.05) is 48.5 Å². The summed E-state index contributed by atoms with van der Waals surface area (Å²) < 4.78 is 0. The van der Waals surface area contributed by atoms with Crippen LogP contribution in [0.3, 0.4) is 0 Å². The lowest BCUT2D eigenvalue weighted by Gasteiger charge is -2.16. The lowest BCUT2D eigenvalue weighted by Crippen LogP contribution is -1.98. The Bertz CT molecular complexity index is 1080. The van der Waals surface area contributed by atoms with E-state index >= 15 is 0 Å². The summed E-state index contributed by atoms with van der Waals surface area (Å²) in [7, 11) is 0. The van der Waals surface area contributed by atoms with Gasteiger partial charge in [-0.1, -0.05) is 72.8 Å². The monoisotopic (exact) mass is 380 g/mol. The van der Waals surface area contributed by atoms with E-state index in [-0.39, 0.29) is 0 Å². The quantitative estimate of drug-likeness (QED) is 0.417. The van der Waals surface area contributed by atoms with Gasteiger partial charge in [0.15, 0.2) is 0 Å². The summed E-state index contributed by atoms with van der Waals surface area (Å²) in [6, 6.07) is 27.4. The van der Waals surface area contributed by atoms with Crippen molar-refractivity contribution in [2.75, 3.05) is 0 Å². The first-order valence-electron chi connectivity index (χ1n) is 9.80. The van der Waals surface area contributed by atoms with E-state index in [1.54, 1.807) is 12.1 Å². The molecule has 0 aliphatic heterocycles. The predicted octanol–water partition coefficient (Wildman–Crippen LogP) is 6.64. The lowest BCUT2D eigenvalue weighted by molar-refractivity contribution is 0.477. The minimum absolute atomic E-state index is 0.297. The largest absolute Gasteiger partial charge is 0.507 e. The van der Waals surface area contributed by atoms with Gasteiger partial charge in [0.25, 0.3) is 0 Å². The van der Waals surface area contributed by atoms with Gasteiger partial charge in [0.1, 0.15) is 11.5 Å². The SMILES string of the molecule is Cc1c(Cc2cccc(-c3ccccc3O)c2C)cccc1-c1ccccc1O. The number of hydrogen-bond acceptors (Lipinski definition) is 2. The van der Waals surface area contributed by atoms with Crippen LogP contribution in [0.2, 0.25) is 0 Å². The van der Waals surface area contributed by atoms with Gasteiger partial charge in [0.05, 0.1) is 0 Å². The molecule has 0 heterocycles. The van der Waals surface area contributed by atoms with Crippen LogP contribution in [-0.4, -0.2) is 10.2 Å². The van der Waals surface area contributed by atoms with Gasteiger partial charge < -0.3 is 10.2 Å². The summed E-state index contributed by atoms with van der Waals surface area (Å²) in [5, 5.41) is 20.6. The minimum atomic E-state index is 0.297. The maximum Gasteiger partial charge on any atom is 0.123 e. The van der Waals surface area contributed by atoms with Gasteiger partial charge in [0.2, 0.25) is 0 Å². The van der Waals surface area contributed by atoms with E-state index in [4.69, 9.17) is 0 Å². The van der Waals surface area contributed by atoms with Crippen molar-refractivity contribution in [3.05, 3.63) is 107 Å². The molecule has 0 aliphatic rings. The van der Waals surface area contributed by atoms with Gasteiger partial charge >= 0.3 is 0 Å². The Morgan fingerprint density at radius 2 is 0.862 bits per heavy atom. The molecular weight excluding hydrogens is 356 g/mol. The molecule has 0 spiro atoms. The zero-order valence-electron chi connectivity index (χ0n) is 16.7. The van der Waals surface area contributed by atoms with E-state index in [2.05, 4.69) is 38.1 Å². The third kappa shape index (κ3) is 3.62. The topological polar surface area (TPSA) is 40.5 Å². The van der Waals surface area contributed by atoms with E-state index in [1.165, 1.54) is 22.3 Å². The Labute approximate surface area is 171 Å². The number of hydrogen-bond donors (Lipinski definition) is 2. The van der Waals surface area contributed by atoms with E-state index in [0.29, 0.717) is 11.5 Å². The van der Waals surface area contributed by atoms with E-state index < -0.39 is 0 Å². The van der Waals surface area contributed by atoms with Crippen LogP contribution in [0.25, 0.3) is 22.3 Å². The molecule has 0 saturated heterocycles. The lowest BCUT2D eigenvalue weighted by atomic mass is 9.89. The molecule has 0 bridgehead atoms. The highest BCUT2D eigenvalue weighted by Gasteiger charge is 2.13. The molecule has 0 atom stereocenters. The summed E-state index contributed by atoms with van der Waals surface area (Å²) in [5.74, 6) is 0.593. The second-order valence-electron chi connectivity index (χ2n) is 7.39. The van der Waals surface area contributed by atoms with Crippen LogP contribution >= 0.6 is 0 Å². The smallest absolute Gasteiger partial charge is 0.123 e. The second kappa shape index (κ2) is 7.84. The molecular formula is C27H24O2. The van der Waals surface area contributed by atoms with Gasteiger partial charge in [-0.25, -0.2) is 0 Å². The Morgan fingerprint density at radius 1 is 0.483 bits per heavy atom. The van der Waals surface area contributed by atoms with Crippen molar-refractivity contribution in [2.24, 2.45) is 0 Å². The summed E-state index contributed by atoms with van der Waals surface area (Å²) in [6.07, 6.45) is 0.792. The second-order valence-corrected chi connectivity index (χ2v) is 7.39. The molecule has 0 aliphatic carbocycles. The third-order valence-electron chi connectivity index (χ3n) is 5.66. The summed E-state index contributed by atoms with van der Waals surface area (Å²) in [5.41, 5.74) is 8.59. The average molecular weight is 380 g/mol. The summed E-state index contributed by atoms with van der Waals surface area (Å²) in [6.45, 7) is 4.22. The first kappa shape index (κ1) is 18.8. The maximum atomic E-state index is 10.3. The van der Waals surface area contributed by atoms with Crippen molar-refractivity contribution in [3.8, 4) is 33.8 Å². The molecule has 0 amide bonds. The molecule has 4 aromatic rings. The molecule has 29 heavy (non-hydrogen) atoms.